The van der Waals surface area contributed by atoms with Crippen molar-refractivity contribution in [3.05, 3.63) is 34.1 Å². The van der Waals surface area contributed by atoms with Gasteiger partial charge in [-0.1, -0.05) is 11.8 Å². The van der Waals surface area contributed by atoms with Crippen molar-refractivity contribution in [2.24, 2.45) is 0 Å². The first-order valence-corrected chi connectivity index (χ1v) is 7.17. The molecule has 7 heteroatoms. The fraction of sp³-hybridized carbons (Fsp3) is 0.214. The van der Waals surface area contributed by atoms with Crippen LogP contribution in [0.4, 0.5) is 0 Å². The van der Waals surface area contributed by atoms with Gasteiger partial charge in [0.05, 0.1) is 19.9 Å². The van der Waals surface area contributed by atoms with Crippen LogP contribution in [0.5, 0.6) is 11.5 Å². The predicted octanol–water partition coefficient (Wildman–Crippen LogP) is 2.05. The number of H-pyrrole nitrogens is 1. The zero-order valence-corrected chi connectivity index (χ0v) is 12.6. The summed E-state index contributed by atoms with van der Waals surface area (Å²) in [5.74, 6) is 1.07. The van der Waals surface area contributed by atoms with Crippen LogP contribution in [0.3, 0.4) is 0 Å². The van der Waals surface area contributed by atoms with Crippen LogP contribution < -0.4 is 15.0 Å². The predicted molar refractivity (Wildman–Crippen MR) is 79.9 cm³/mol. The Morgan fingerprint density at radius 3 is 2.57 bits per heavy atom. The molecule has 0 unspecified atom stereocenters. The molecule has 0 saturated heterocycles. The molecular weight excluding hydrogens is 290 g/mol. The Hall–Kier alpha value is -2.46. The molecule has 0 aliphatic rings. The van der Waals surface area contributed by atoms with Crippen LogP contribution in [0.15, 0.2) is 28.2 Å². The molecule has 108 valence electrons. The van der Waals surface area contributed by atoms with E-state index < -0.39 is 5.56 Å². The maximum absolute atomic E-state index is 11.9. The molecule has 0 amide bonds. The Morgan fingerprint density at radius 1 is 1.29 bits per heavy atom. The summed E-state index contributed by atoms with van der Waals surface area (Å²) < 4.78 is 10.4. The van der Waals surface area contributed by atoms with Crippen molar-refractivity contribution in [3.8, 4) is 28.8 Å². The molecule has 2 rings (SSSR count). The molecule has 0 atom stereocenters. The smallest absolute Gasteiger partial charge is 0.270 e. The molecular formula is C14H13N3O3S. The van der Waals surface area contributed by atoms with Gasteiger partial charge < -0.3 is 14.5 Å². The molecule has 0 fully saturated rings. The number of methoxy groups -OCH3 is 2. The Morgan fingerprint density at radius 2 is 2.00 bits per heavy atom. The normalized spacial score (nSPS) is 10.0. The number of nitriles is 1. The molecule has 1 aromatic carbocycles. The van der Waals surface area contributed by atoms with Crippen molar-refractivity contribution in [1.29, 1.82) is 5.26 Å². The fourth-order valence-electron chi connectivity index (χ4n) is 1.85. The average Bonchev–Trinajstić information content (AvgIpc) is 2.53. The van der Waals surface area contributed by atoms with Gasteiger partial charge in [-0.15, -0.1) is 0 Å². The van der Waals surface area contributed by atoms with E-state index in [1.807, 2.05) is 6.07 Å². The molecule has 6 nitrogen and oxygen atoms in total. The fourth-order valence-corrected chi connectivity index (χ4v) is 2.22. The van der Waals surface area contributed by atoms with Crippen LogP contribution in [0.25, 0.3) is 11.3 Å². The molecule has 1 aromatic heterocycles. The highest BCUT2D eigenvalue weighted by atomic mass is 32.2. The summed E-state index contributed by atoms with van der Waals surface area (Å²) in [5.41, 5.74) is 0.457. The lowest BCUT2D eigenvalue weighted by atomic mass is 10.1. The van der Waals surface area contributed by atoms with Crippen LogP contribution in [0.2, 0.25) is 0 Å². The summed E-state index contributed by atoms with van der Waals surface area (Å²) in [7, 11) is 3.06. The van der Waals surface area contributed by atoms with E-state index >= 15 is 0 Å². The lowest BCUT2D eigenvalue weighted by Crippen LogP contribution is -2.14. The van der Waals surface area contributed by atoms with Crippen LogP contribution in [0, 0.1) is 11.3 Å². The highest BCUT2D eigenvalue weighted by Gasteiger charge is 2.15. The topological polar surface area (TPSA) is 88.0 Å². The highest BCUT2D eigenvalue weighted by molar-refractivity contribution is 7.98. The van der Waals surface area contributed by atoms with Crippen molar-refractivity contribution in [1.82, 2.24) is 9.97 Å². The quantitative estimate of drug-likeness (QED) is 0.687. The summed E-state index contributed by atoms with van der Waals surface area (Å²) >= 11 is 1.30. The molecule has 0 saturated carbocycles. The molecule has 0 spiro atoms. The number of hydrogen-bond donors (Lipinski definition) is 1. The standard InChI is InChI=1S/C14H13N3O3S/c1-19-10-5-4-8(6-11(10)20-2)12-9(7-15)13(18)17-14(16-12)21-3/h4-6H,1-3H3,(H,16,17,18). The van der Waals surface area contributed by atoms with E-state index in [0.717, 1.165) is 0 Å². The molecule has 2 aromatic rings. The van der Waals surface area contributed by atoms with Gasteiger partial charge in [0.15, 0.2) is 16.7 Å². The lowest BCUT2D eigenvalue weighted by Gasteiger charge is -2.10. The van der Waals surface area contributed by atoms with Crippen LogP contribution in [-0.4, -0.2) is 30.4 Å². The van der Waals surface area contributed by atoms with E-state index in [1.165, 1.54) is 26.0 Å². The summed E-state index contributed by atoms with van der Waals surface area (Å²) in [6.45, 7) is 0. The van der Waals surface area contributed by atoms with Gasteiger partial charge >= 0.3 is 0 Å². The van der Waals surface area contributed by atoms with E-state index in [-0.39, 0.29) is 5.56 Å². The SMILES string of the molecule is COc1ccc(-c2nc(SC)[nH]c(=O)c2C#N)cc1OC. The van der Waals surface area contributed by atoms with Gasteiger partial charge in [0.2, 0.25) is 0 Å². The Kier molecular flexibility index (Phi) is 4.50. The van der Waals surface area contributed by atoms with Gasteiger partial charge in [0.1, 0.15) is 11.6 Å². The molecule has 0 bridgehead atoms. The molecule has 1 heterocycles. The first kappa shape index (κ1) is 14.9. The van der Waals surface area contributed by atoms with Crippen molar-refractivity contribution in [2.75, 3.05) is 20.5 Å². The maximum Gasteiger partial charge on any atom is 0.270 e. The van der Waals surface area contributed by atoms with Gasteiger partial charge in [0, 0.05) is 5.56 Å². The van der Waals surface area contributed by atoms with E-state index in [2.05, 4.69) is 9.97 Å². The van der Waals surface area contributed by atoms with Crippen molar-refractivity contribution in [3.63, 3.8) is 0 Å². The second-order valence-electron chi connectivity index (χ2n) is 3.98. The van der Waals surface area contributed by atoms with Crippen LogP contribution >= 0.6 is 11.8 Å². The number of aromatic nitrogens is 2. The van der Waals surface area contributed by atoms with Crippen LogP contribution in [-0.2, 0) is 0 Å². The van der Waals surface area contributed by atoms with Crippen LogP contribution in [0.1, 0.15) is 5.56 Å². The lowest BCUT2D eigenvalue weighted by molar-refractivity contribution is 0.355. The third-order valence-electron chi connectivity index (χ3n) is 2.86. The van der Waals surface area contributed by atoms with E-state index in [9.17, 15) is 10.1 Å². The van der Waals surface area contributed by atoms with Gasteiger partial charge in [-0.25, -0.2) is 4.98 Å². The third-order valence-corrected chi connectivity index (χ3v) is 3.44. The van der Waals surface area contributed by atoms with Gasteiger partial charge in [-0.05, 0) is 24.5 Å². The number of nitrogens with zero attached hydrogens (tertiary/aromatic N) is 2. The first-order chi connectivity index (χ1) is 10.1. The van der Waals surface area contributed by atoms with E-state index in [4.69, 9.17) is 9.47 Å². The molecule has 1 N–H and O–H groups in total. The Labute approximate surface area is 125 Å². The number of aromatic amines is 1. The minimum Gasteiger partial charge on any atom is -0.493 e. The van der Waals surface area contributed by atoms with E-state index in [0.29, 0.717) is 27.9 Å². The minimum absolute atomic E-state index is 0.0278. The third kappa shape index (κ3) is 2.85. The molecule has 21 heavy (non-hydrogen) atoms. The monoisotopic (exact) mass is 303 g/mol. The first-order valence-electron chi connectivity index (χ1n) is 5.95. The Bertz CT molecular complexity index is 765. The average molecular weight is 303 g/mol. The van der Waals surface area contributed by atoms with Gasteiger partial charge in [-0.2, -0.15) is 5.26 Å². The number of thioether (sulfide) groups is 1. The summed E-state index contributed by atoms with van der Waals surface area (Å²) in [6.07, 6.45) is 1.79. The highest BCUT2D eigenvalue weighted by Crippen LogP contribution is 2.32. The number of hydrogen-bond acceptors (Lipinski definition) is 6. The Balaban J connectivity index is 2.69. The summed E-state index contributed by atoms with van der Waals surface area (Å²) in [6, 6.07) is 7.01. The zero-order valence-electron chi connectivity index (χ0n) is 11.8. The summed E-state index contributed by atoms with van der Waals surface area (Å²) in [4.78, 5) is 18.8. The second kappa shape index (κ2) is 6.33. The zero-order chi connectivity index (χ0) is 15.4. The number of benzene rings is 1. The van der Waals surface area contributed by atoms with E-state index in [1.54, 1.807) is 24.5 Å². The van der Waals surface area contributed by atoms with Crippen molar-refractivity contribution in [2.45, 2.75) is 5.16 Å². The molecule has 0 aliphatic carbocycles. The van der Waals surface area contributed by atoms with Gasteiger partial charge in [0.25, 0.3) is 5.56 Å². The van der Waals surface area contributed by atoms with Gasteiger partial charge in [-0.3, -0.25) is 4.79 Å². The maximum atomic E-state index is 11.9. The molecule has 0 radical (unpaired) electrons. The minimum atomic E-state index is -0.457. The largest absolute Gasteiger partial charge is 0.493 e. The number of ether oxygens (including phenoxy) is 2. The summed E-state index contributed by atoms with van der Waals surface area (Å²) in [5, 5.41) is 9.63. The number of rotatable bonds is 4. The van der Waals surface area contributed by atoms with Crippen molar-refractivity contribution >= 4 is 11.8 Å². The number of nitrogens with one attached hydrogen (secondary N) is 1. The second-order valence-corrected chi connectivity index (χ2v) is 4.78. The molecule has 0 aliphatic heterocycles. The van der Waals surface area contributed by atoms with Crippen molar-refractivity contribution < 1.29 is 9.47 Å².